The summed E-state index contributed by atoms with van der Waals surface area (Å²) < 4.78 is 0. The summed E-state index contributed by atoms with van der Waals surface area (Å²) in [5, 5.41) is 6.26. The summed E-state index contributed by atoms with van der Waals surface area (Å²) in [5.74, 6) is 0.687. The Labute approximate surface area is 115 Å². The lowest BCUT2D eigenvalue weighted by Gasteiger charge is -2.23. The Balaban J connectivity index is 1.89. The third-order valence-electron chi connectivity index (χ3n) is 3.64. The zero-order valence-corrected chi connectivity index (χ0v) is 11.8. The van der Waals surface area contributed by atoms with Gasteiger partial charge in [-0.3, -0.25) is 0 Å². The third-order valence-corrected chi connectivity index (χ3v) is 3.64. The van der Waals surface area contributed by atoms with Crippen molar-refractivity contribution in [3.63, 3.8) is 0 Å². The van der Waals surface area contributed by atoms with Crippen molar-refractivity contribution in [1.82, 2.24) is 15.5 Å². The monoisotopic (exact) mass is 261 g/mol. The molecule has 0 spiro atoms. The van der Waals surface area contributed by atoms with Gasteiger partial charge in [0.15, 0.2) is 0 Å². The van der Waals surface area contributed by atoms with E-state index in [2.05, 4.69) is 34.9 Å². The number of nitrogens with one attached hydrogen (secondary N) is 2. The molecule has 0 saturated carbocycles. The lowest BCUT2D eigenvalue weighted by molar-refractivity contribution is 0.217. The fourth-order valence-electron chi connectivity index (χ4n) is 2.40. The zero-order valence-electron chi connectivity index (χ0n) is 11.8. The summed E-state index contributed by atoms with van der Waals surface area (Å²) >= 11 is 0. The van der Waals surface area contributed by atoms with Gasteiger partial charge in [-0.2, -0.15) is 0 Å². The highest BCUT2D eigenvalue weighted by molar-refractivity contribution is 5.73. The lowest BCUT2D eigenvalue weighted by atomic mass is 9.90. The molecule has 1 heterocycles. The molecular formula is C15H23N3O. The second kappa shape index (κ2) is 6.57. The van der Waals surface area contributed by atoms with Crippen molar-refractivity contribution < 1.29 is 4.79 Å². The molecule has 1 aliphatic heterocycles. The van der Waals surface area contributed by atoms with Crippen molar-refractivity contribution in [3.05, 3.63) is 35.4 Å². The van der Waals surface area contributed by atoms with Gasteiger partial charge in [0.2, 0.25) is 0 Å². The molecule has 19 heavy (non-hydrogen) atoms. The van der Waals surface area contributed by atoms with Crippen LogP contribution in [0, 0.1) is 0 Å². The van der Waals surface area contributed by atoms with E-state index in [4.69, 9.17) is 0 Å². The molecule has 1 saturated heterocycles. The van der Waals surface area contributed by atoms with Gasteiger partial charge in [0.25, 0.3) is 0 Å². The van der Waals surface area contributed by atoms with Gasteiger partial charge in [0, 0.05) is 20.6 Å². The standard InChI is InChI=1S/C15H23N3O/c1-18(2)15(19)17-11-12-3-5-13(6-4-12)14-7-9-16-10-8-14/h3-6,14,16H,7-11H2,1-2H3,(H,17,19). The van der Waals surface area contributed by atoms with Crippen molar-refractivity contribution >= 4 is 6.03 Å². The maximum atomic E-state index is 11.4. The SMILES string of the molecule is CN(C)C(=O)NCc1ccc(C2CCNCC2)cc1. The summed E-state index contributed by atoms with van der Waals surface area (Å²) in [5.41, 5.74) is 2.57. The minimum Gasteiger partial charge on any atom is -0.334 e. The van der Waals surface area contributed by atoms with E-state index in [1.165, 1.54) is 18.4 Å². The molecule has 0 bridgehead atoms. The van der Waals surface area contributed by atoms with Crippen LogP contribution in [0.5, 0.6) is 0 Å². The highest BCUT2D eigenvalue weighted by Crippen LogP contribution is 2.25. The number of hydrogen-bond acceptors (Lipinski definition) is 2. The van der Waals surface area contributed by atoms with Gasteiger partial charge in [-0.05, 0) is 43.0 Å². The van der Waals surface area contributed by atoms with E-state index in [1.807, 2.05) is 0 Å². The molecule has 1 aliphatic rings. The van der Waals surface area contributed by atoms with Crippen LogP contribution < -0.4 is 10.6 Å². The summed E-state index contributed by atoms with van der Waals surface area (Å²) in [6.07, 6.45) is 2.44. The van der Waals surface area contributed by atoms with Crippen molar-refractivity contribution in [3.8, 4) is 0 Å². The van der Waals surface area contributed by atoms with Crippen LogP contribution in [-0.4, -0.2) is 38.1 Å². The van der Waals surface area contributed by atoms with Gasteiger partial charge in [-0.25, -0.2) is 4.79 Å². The van der Waals surface area contributed by atoms with Crippen molar-refractivity contribution in [1.29, 1.82) is 0 Å². The Bertz CT molecular complexity index is 408. The molecule has 0 radical (unpaired) electrons. The number of nitrogens with zero attached hydrogens (tertiary/aromatic N) is 1. The van der Waals surface area contributed by atoms with Crippen molar-refractivity contribution in [2.24, 2.45) is 0 Å². The molecule has 2 N–H and O–H groups in total. The van der Waals surface area contributed by atoms with Gasteiger partial charge < -0.3 is 15.5 Å². The fraction of sp³-hybridized carbons (Fsp3) is 0.533. The van der Waals surface area contributed by atoms with E-state index in [1.54, 1.807) is 19.0 Å². The number of amides is 2. The summed E-state index contributed by atoms with van der Waals surface area (Å²) in [6, 6.07) is 8.59. The minimum absolute atomic E-state index is 0.0533. The lowest BCUT2D eigenvalue weighted by Crippen LogP contribution is -2.33. The van der Waals surface area contributed by atoms with Crippen LogP contribution in [0.1, 0.15) is 29.9 Å². The van der Waals surface area contributed by atoms with Crippen LogP contribution in [0.2, 0.25) is 0 Å². The van der Waals surface area contributed by atoms with Gasteiger partial charge in [0.1, 0.15) is 0 Å². The first-order chi connectivity index (χ1) is 9.16. The first-order valence-corrected chi connectivity index (χ1v) is 6.91. The maximum Gasteiger partial charge on any atom is 0.317 e. The topological polar surface area (TPSA) is 44.4 Å². The first-order valence-electron chi connectivity index (χ1n) is 6.91. The smallest absolute Gasteiger partial charge is 0.317 e. The summed E-state index contributed by atoms with van der Waals surface area (Å²) in [7, 11) is 3.49. The van der Waals surface area contributed by atoms with Crippen molar-refractivity contribution in [2.75, 3.05) is 27.2 Å². The largest absolute Gasteiger partial charge is 0.334 e. The molecule has 1 aromatic rings. The Hall–Kier alpha value is -1.55. The molecule has 104 valence electrons. The Kier molecular flexibility index (Phi) is 4.80. The number of carbonyl (C=O) groups excluding carboxylic acids is 1. The molecule has 0 aliphatic carbocycles. The Morgan fingerprint density at radius 3 is 2.47 bits per heavy atom. The van der Waals surface area contributed by atoms with Gasteiger partial charge in [-0.15, -0.1) is 0 Å². The van der Waals surface area contributed by atoms with E-state index in [9.17, 15) is 4.79 Å². The highest BCUT2D eigenvalue weighted by Gasteiger charge is 2.14. The van der Waals surface area contributed by atoms with Crippen LogP contribution in [0.25, 0.3) is 0 Å². The second-order valence-electron chi connectivity index (χ2n) is 5.32. The molecule has 2 amide bonds. The average molecular weight is 261 g/mol. The third kappa shape index (κ3) is 3.96. The minimum atomic E-state index is -0.0533. The molecule has 0 unspecified atom stereocenters. The van der Waals surface area contributed by atoms with E-state index >= 15 is 0 Å². The molecule has 0 atom stereocenters. The average Bonchev–Trinajstić information content (AvgIpc) is 2.46. The number of piperidine rings is 1. The van der Waals surface area contributed by atoms with Crippen molar-refractivity contribution in [2.45, 2.75) is 25.3 Å². The molecule has 0 aromatic heterocycles. The van der Waals surface area contributed by atoms with Crippen LogP contribution >= 0.6 is 0 Å². The van der Waals surface area contributed by atoms with Crippen LogP contribution in [0.3, 0.4) is 0 Å². The summed E-state index contributed by atoms with van der Waals surface area (Å²) in [6.45, 7) is 2.82. The van der Waals surface area contributed by atoms with Crippen LogP contribution in [0.4, 0.5) is 4.79 Å². The molecular weight excluding hydrogens is 238 g/mol. The highest BCUT2D eigenvalue weighted by atomic mass is 16.2. The number of benzene rings is 1. The van der Waals surface area contributed by atoms with Crippen LogP contribution in [-0.2, 0) is 6.54 Å². The molecule has 1 aromatic carbocycles. The first kappa shape index (κ1) is 13.9. The predicted molar refractivity (Wildman–Crippen MR) is 77.2 cm³/mol. The second-order valence-corrected chi connectivity index (χ2v) is 5.32. The fourth-order valence-corrected chi connectivity index (χ4v) is 2.40. The summed E-state index contributed by atoms with van der Waals surface area (Å²) in [4.78, 5) is 13.0. The van der Waals surface area contributed by atoms with Crippen LogP contribution in [0.15, 0.2) is 24.3 Å². The number of hydrogen-bond donors (Lipinski definition) is 2. The number of urea groups is 1. The quantitative estimate of drug-likeness (QED) is 0.873. The van der Waals surface area contributed by atoms with E-state index in [-0.39, 0.29) is 6.03 Å². The van der Waals surface area contributed by atoms with E-state index < -0.39 is 0 Å². The Morgan fingerprint density at radius 2 is 1.89 bits per heavy atom. The van der Waals surface area contributed by atoms with Gasteiger partial charge >= 0.3 is 6.03 Å². The zero-order chi connectivity index (χ0) is 13.7. The van der Waals surface area contributed by atoms with Gasteiger partial charge in [-0.1, -0.05) is 24.3 Å². The number of carbonyl (C=O) groups is 1. The van der Waals surface area contributed by atoms with E-state index in [0.29, 0.717) is 12.5 Å². The Morgan fingerprint density at radius 1 is 1.26 bits per heavy atom. The number of rotatable bonds is 3. The van der Waals surface area contributed by atoms with Gasteiger partial charge in [0.05, 0.1) is 0 Å². The molecule has 2 rings (SSSR count). The molecule has 4 heteroatoms. The normalized spacial score (nSPS) is 16.1. The maximum absolute atomic E-state index is 11.4. The molecule has 1 fully saturated rings. The predicted octanol–water partition coefficient (Wildman–Crippen LogP) is 1.92. The van der Waals surface area contributed by atoms with E-state index in [0.717, 1.165) is 18.7 Å². The molecule has 4 nitrogen and oxygen atoms in total.